The summed E-state index contributed by atoms with van der Waals surface area (Å²) in [6.45, 7) is 2.73. The summed E-state index contributed by atoms with van der Waals surface area (Å²) >= 11 is 0. The van der Waals surface area contributed by atoms with Crippen LogP contribution in [0.25, 0.3) is 6.08 Å². The van der Waals surface area contributed by atoms with Gasteiger partial charge in [-0.05, 0) is 19.1 Å². The molecule has 23 heavy (non-hydrogen) atoms. The molecular weight excluding hydrogens is 302 g/mol. The molecular formula is C16H17NO6. The number of nitrogens with zero attached hydrogens (tertiary/aromatic N) is 1. The molecule has 0 radical (unpaired) electrons. The predicted molar refractivity (Wildman–Crippen MR) is 80.2 cm³/mol. The molecule has 1 aliphatic rings. The van der Waals surface area contributed by atoms with Crippen LogP contribution in [0.15, 0.2) is 17.7 Å². The maximum absolute atomic E-state index is 11.9. The molecule has 0 aliphatic carbocycles. The van der Waals surface area contributed by atoms with Gasteiger partial charge in [0.15, 0.2) is 11.5 Å². The molecule has 1 heterocycles. The first-order chi connectivity index (χ1) is 11.2. The Labute approximate surface area is 134 Å². The number of carbonyl (C=O) groups is 1. The Morgan fingerprint density at radius 2 is 2.09 bits per heavy atom. The van der Waals surface area contributed by atoms with E-state index in [0.717, 1.165) is 0 Å². The third-order valence-electron chi connectivity index (χ3n) is 2.97. The van der Waals surface area contributed by atoms with Crippen molar-refractivity contribution in [1.29, 1.82) is 5.26 Å². The highest BCUT2D eigenvalue weighted by atomic mass is 16.7. The normalized spacial score (nSPS) is 12.7. The van der Waals surface area contributed by atoms with E-state index in [0.29, 0.717) is 29.4 Å². The average molecular weight is 319 g/mol. The number of ether oxygens (including phenoxy) is 5. The fourth-order valence-corrected chi connectivity index (χ4v) is 1.92. The SMILES string of the molecule is CCOc1cc2c(cc1/C=C(/C#N)C(=O)OCCOC)OCO2. The zero-order valence-corrected chi connectivity index (χ0v) is 13.0. The summed E-state index contributed by atoms with van der Waals surface area (Å²) in [6, 6.07) is 5.16. The van der Waals surface area contributed by atoms with Gasteiger partial charge in [0.25, 0.3) is 0 Å². The van der Waals surface area contributed by atoms with Crippen LogP contribution in [0, 0.1) is 11.3 Å². The molecule has 0 amide bonds. The van der Waals surface area contributed by atoms with Crippen molar-refractivity contribution < 1.29 is 28.5 Å². The van der Waals surface area contributed by atoms with Gasteiger partial charge in [0.1, 0.15) is 24.0 Å². The van der Waals surface area contributed by atoms with Crippen molar-refractivity contribution >= 4 is 12.0 Å². The second kappa shape index (κ2) is 8.06. The Morgan fingerprint density at radius 1 is 1.35 bits per heavy atom. The standard InChI is InChI=1S/C16H17NO6/c1-3-20-13-8-15-14(22-10-23-15)7-11(13)6-12(9-17)16(18)21-5-4-19-2/h6-8H,3-5,10H2,1-2H3/b12-6-. The summed E-state index contributed by atoms with van der Waals surface area (Å²) < 4.78 is 25.9. The first-order valence-electron chi connectivity index (χ1n) is 7.04. The van der Waals surface area contributed by atoms with E-state index in [1.165, 1.54) is 13.2 Å². The Bertz CT molecular complexity index is 647. The van der Waals surface area contributed by atoms with E-state index in [2.05, 4.69) is 0 Å². The third-order valence-corrected chi connectivity index (χ3v) is 2.97. The fraction of sp³-hybridized carbons (Fsp3) is 0.375. The van der Waals surface area contributed by atoms with Gasteiger partial charge in [-0.15, -0.1) is 0 Å². The summed E-state index contributed by atoms with van der Waals surface area (Å²) in [5, 5.41) is 9.18. The van der Waals surface area contributed by atoms with Crippen molar-refractivity contribution in [2.45, 2.75) is 6.92 Å². The molecule has 0 N–H and O–H groups in total. The molecule has 0 aromatic heterocycles. The van der Waals surface area contributed by atoms with Crippen LogP contribution >= 0.6 is 0 Å². The lowest BCUT2D eigenvalue weighted by atomic mass is 10.1. The fourth-order valence-electron chi connectivity index (χ4n) is 1.92. The minimum absolute atomic E-state index is 0.0772. The van der Waals surface area contributed by atoms with E-state index in [4.69, 9.17) is 23.7 Å². The Morgan fingerprint density at radius 3 is 2.74 bits per heavy atom. The lowest BCUT2D eigenvalue weighted by molar-refractivity contribution is -0.139. The number of hydrogen-bond donors (Lipinski definition) is 0. The Balaban J connectivity index is 2.28. The van der Waals surface area contributed by atoms with Crippen LogP contribution in [0.3, 0.4) is 0 Å². The van der Waals surface area contributed by atoms with Gasteiger partial charge in [-0.2, -0.15) is 5.26 Å². The van der Waals surface area contributed by atoms with Gasteiger partial charge < -0.3 is 23.7 Å². The quantitative estimate of drug-likeness (QED) is 0.328. The van der Waals surface area contributed by atoms with Crippen molar-refractivity contribution in [3.05, 3.63) is 23.3 Å². The predicted octanol–water partition coefficient (Wildman–Crippen LogP) is 1.91. The van der Waals surface area contributed by atoms with Crippen LogP contribution in [0.2, 0.25) is 0 Å². The van der Waals surface area contributed by atoms with E-state index >= 15 is 0 Å². The Kier molecular flexibility index (Phi) is 5.83. The van der Waals surface area contributed by atoms with E-state index in [-0.39, 0.29) is 25.6 Å². The van der Waals surface area contributed by atoms with Crippen molar-refractivity contribution in [2.24, 2.45) is 0 Å². The molecule has 122 valence electrons. The molecule has 0 spiro atoms. The second-order valence-electron chi connectivity index (χ2n) is 4.47. The van der Waals surface area contributed by atoms with Crippen LogP contribution in [-0.4, -0.2) is 39.7 Å². The highest BCUT2D eigenvalue weighted by Gasteiger charge is 2.19. The third kappa shape index (κ3) is 4.14. The number of carbonyl (C=O) groups excluding carboxylic acids is 1. The molecule has 2 rings (SSSR count). The van der Waals surface area contributed by atoms with E-state index in [1.54, 1.807) is 12.1 Å². The van der Waals surface area contributed by atoms with Gasteiger partial charge >= 0.3 is 5.97 Å². The number of benzene rings is 1. The summed E-state index contributed by atoms with van der Waals surface area (Å²) in [7, 11) is 1.50. The van der Waals surface area contributed by atoms with Gasteiger partial charge in [0.2, 0.25) is 6.79 Å². The molecule has 1 aromatic carbocycles. The average Bonchev–Trinajstić information content (AvgIpc) is 3.00. The number of rotatable bonds is 7. The number of hydrogen-bond acceptors (Lipinski definition) is 7. The number of esters is 1. The lowest BCUT2D eigenvalue weighted by Gasteiger charge is -2.09. The van der Waals surface area contributed by atoms with E-state index in [1.807, 2.05) is 13.0 Å². The molecule has 0 fully saturated rings. The summed E-state index contributed by atoms with van der Waals surface area (Å²) in [6.07, 6.45) is 1.40. The molecule has 0 unspecified atom stereocenters. The Hall–Kier alpha value is -2.72. The van der Waals surface area contributed by atoms with Gasteiger partial charge in [-0.25, -0.2) is 4.79 Å². The van der Waals surface area contributed by atoms with E-state index < -0.39 is 5.97 Å². The van der Waals surface area contributed by atoms with Crippen LogP contribution in [0.5, 0.6) is 17.2 Å². The summed E-state index contributed by atoms with van der Waals surface area (Å²) in [5.74, 6) is 0.871. The molecule has 1 aliphatic heterocycles. The molecule has 0 bridgehead atoms. The largest absolute Gasteiger partial charge is 0.493 e. The van der Waals surface area contributed by atoms with Crippen LogP contribution < -0.4 is 14.2 Å². The topological polar surface area (TPSA) is 87.0 Å². The molecule has 1 aromatic rings. The maximum atomic E-state index is 11.9. The monoisotopic (exact) mass is 319 g/mol. The lowest BCUT2D eigenvalue weighted by Crippen LogP contribution is -2.11. The minimum Gasteiger partial charge on any atom is -0.493 e. The number of nitriles is 1. The van der Waals surface area contributed by atoms with Gasteiger partial charge in [-0.3, -0.25) is 0 Å². The number of fused-ring (bicyclic) bond motifs is 1. The van der Waals surface area contributed by atoms with Crippen molar-refractivity contribution in [1.82, 2.24) is 0 Å². The van der Waals surface area contributed by atoms with Gasteiger partial charge in [0.05, 0.1) is 13.2 Å². The highest BCUT2D eigenvalue weighted by molar-refractivity contribution is 5.98. The molecule has 7 heteroatoms. The van der Waals surface area contributed by atoms with Crippen LogP contribution in [0.4, 0.5) is 0 Å². The summed E-state index contributed by atoms with van der Waals surface area (Å²) in [4.78, 5) is 11.9. The highest BCUT2D eigenvalue weighted by Crippen LogP contribution is 2.39. The zero-order valence-electron chi connectivity index (χ0n) is 13.0. The molecule has 0 atom stereocenters. The van der Waals surface area contributed by atoms with Crippen LogP contribution in [0.1, 0.15) is 12.5 Å². The zero-order chi connectivity index (χ0) is 16.7. The second-order valence-corrected chi connectivity index (χ2v) is 4.47. The number of methoxy groups -OCH3 is 1. The molecule has 7 nitrogen and oxygen atoms in total. The van der Waals surface area contributed by atoms with Gasteiger partial charge in [0, 0.05) is 18.7 Å². The van der Waals surface area contributed by atoms with Crippen molar-refractivity contribution in [3.63, 3.8) is 0 Å². The molecule has 0 saturated heterocycles. The van der Waals surface area contributed by atoms with Crippen LogP contribution in [-0.2, 0) is 14.3 Å². The summed E-state index contributed by atoms with van der Waals surface area (Å²) in [5.41, 5.74) is 0.400. The molecule has 0 saturated carbocycles. The van der Waals surface area contributed by atoms with Crippen molar-refractivity contribution in [3.8, 4) is 23.3 Å². The maximum Gasteiger partial charge on any atom is 0.348 e. The van der Waals surface area contributed by atoms with Crippen molar-refractivity contribution in [2.75, 3.05) is 33.7 Å². The first-order valence-corrected chi connectivity index (χ1v) is 7.04. The van der Waals surface area contributed by atoms with E-state index in [9.17, 15) is 10.1 Å². The minimum atomic E-state index is -0.718. The van der Waals surface area contributed by atoms with Gasteiger partial charge in [-0.1, -0.05) is 0 Å². The first kappa shape index (κ1) is 16.6. The smallest absolute Gasteiger partial charge is 0.348 e.